The first-order chi connectivity index (χ1) is 11.0. The molecule has 23 heavy (non-hydrogen) atoms. The molecule has 2 N–H and O–H groups in total. The Hall–Kier alpha value is -2.75. The fourth-order valence-electron chi connectivity index (χ4n) is 3.42. The molecule has 0 amide bonds. The molecule has 0 fully saturated rings. The van der Waals surface area contributed by atoms with Gasteiger partial charge in [-0.05, 0) is 47.9 Å². The van der Waals surface area contributed by atoms with Gasteiger partial charge in [0.2, 0.25) is 0 Å². The summed E-state index contributed by atoms with van der Waals surface area (Å²) in [5.41, 5.74) is 5.00. The van der Waals surface area contributed by atoms with Gasteiger partial charge in [-0.2, -0.15) is 0 Å². The third-order valence-electron chi connectivity index (χ3n) is 4.68. The van der Waals surface area contributed by atoms with Crippen LogP contribution in [0.1, 0.15) is 12.5 Å². The average Bonchev–Trinajstić information content (AvgIpc) is 2.91. The molecule has 0 saturated carbocycles. The molecule has 1 atom stereocenters. The van der Waals surface area contributed by atoms with E-state index in [9.17, 15) is 9.90 Å². The Morgan fingerprint density at radius 3 is 2.70 bits per heavy atom. The van der Waals surface area contributed by atoms with Gasteiger partial charge in [0.05, 0.1) is 5.92 Å². The zero-order valence-corrected chi connectivity index (χ0v) is 13.1. The van der Waals surface area contributed by atoms with Gasteiger partial charge < -0.3 is 15.3 Å². The van der Waals surface area contributed by atoms with Crippen LogP contribution >= 0.6 is 0 Å². The van der Waals surface area contributed by atoms with Crippen LogP contribution in [0.2, 0.25) is 0 Å². The van der Waals surface area contributed by atoms with Crippen LogP contribution < -0.4 is 5.32 Å². The van der Waals surface area contributed by atoms with Gasteiger partial charge in [0.1, 0.15) is 11.6 Å². The SMILES string of the molecule is CC1=CC=C2NC3=C(C=C(c4ccc(O)cc4)CN3C)C2C1=O. The molecule has 1 unspecified atom stereocenters. The predicted molar refractivity (Wildman–Crippen MR) is 89.2 cm³/mol. The van der Waals surface area contributed by atoms with E-state index in [4.69, 9.17) is 0 Å². The summed E-state index contributed by atoms with van der Waals surface area (Å²) in [6, 6.07) is 7.20. The molecule has 1 aromatic rings. The van der Waals surface area contributed by atoms with E-state index in [0.717, 1.165) is 40.3 Å². The number of Topliss-reactive ketones (excluding diaryl/α,β-unsaturated/α-hetero) is 1. The van der Waals surface area contributed by atoms with Crippen molar-refractivity contribution in [2.75, 3.05) is 13.6 Å². The van der Waals surface area contributed by atoms with Gasteiger partial charge in [-0.25, -0.2) is 0 Å². The number of carbonyl (C=O) groups excluding carboxylic acids is 1. The molecule has 1 aromatic carbocycles. The highest BCUT2D eigenvalue weighted by molar-refractivity contribution is 6.03. The Balaban J connectivity index is 1.78. The molecule has 3 aliphatic rings. The number of ketones is 1. The van der Waals surface area contributed by atoms with Crippen molar-refractivity contribution in [3.63, 3.8) is 0 Å². The van der Waals surface area contributed by atoms with Crippen molar-refractivity contribution in [3.05, 3.63) is 70.7 Å². The van der Waals surface area contributed by atoms with Crippen LogP contribution in [-0.2, 0) is 4.79 Å². The number of fused-ring (bicyclic) bond motifs is 2. The number of rotatable bonds is 1. The van der Waals surface area contributed by atoms with Crippen molar-refractivity contribution in [2.24, 2.45) is 5.92 Å². The van der Waals surface area contributed by atoms with Crippen LogP contribution in [-0.4, -0.2) is 29.4 Å². The van der Waals surface area contributed by atoms with E-state index >= 15 is 0 Å². The summed E-state index contributed by atoms with van der Waals surface area (Å²) in [4.78, 5) is 14.7. The average molecular weight is 306 g/mol. The monoisotopic (exact) mass is 306 g/mol. The summed E-state index contributed by atoms with van der Waals surface area (Å²) < 4.78 is 0. The number of hydrogen-bond acceptors (Lipinski definition) is 4. The van der Waals surface area contributed by atoms with Gasteiger partial charge in [0.25, 0.3) is 0 Å². The molecule has 1 aliphatic carbocycles. The predicted octanol–water partition coefficient (Wildman–Crippen LogP) is 2.56. The van der Waals surface area contributed by atoms with Gasteiger partial charge in [0, 0.05) is 24.9 Å². The number of phenolic OH excluding ortho intramolecular Hbond substituents is 1. The summed E-state index contributed by atoms with van der Waals surface area (Å²) in [5, 5.41) is 12.9. The Morgan fingerprint density at radius 1 is 1.22 bits per heavy atom. The maximum atomic E-state index is 12.6. The second-order valence-electron chi connectivity index (χ2n) is 6.27. The second kappa shape index (κ2) is 4.88. The molecule has 0 spiro atoms. The van der Waals surface area contributed by atoms with Gasteiger partial charge in [-0.3, -0.25) is 4.79 Å². The van der Waals surface area contributed by atoms with Gasteiger partial charge in [-0.15, -0.1) is 0 Å². The number of likely N-dealkylation sites (N-methyl/N-ethyl adjacent to an activating group) is 1. The van der Waals surface area contributed by atoms with E-state index in [-0.39, 0.29) is 17.5 Å². The van der Waals surface area contributed by atoms with E-state index < -0.39 is 0 Å². The molecule has 0 bridgehead atoms. The van der Waals surface area contributed by atoms with Crippen molar-refractivity contribution in [1.82, 2.24) is 10.2 Å². The van der Waals surface area contributed by atoms with Gasteiger partial charge in [0.15, 0.2) is 5.78 Å². The van der Waals surface area contributed by atoms with Crippen LogP contribution in [0.4, 0.5) is 0 Å². The number of nitrogens with one attached hydrogen (secondary N) is 1. The number of allylic oxidation sites excluding steroid dienone is 5. The van der Waals surface area contributed by atoms with Crippen molar-refractivity contribution in [1.29, 1.82) is 0 Å². The molecule has 4 nitrogen and oxygen atoms in total. The highest BCUT2D eigenvalue weighted by Gasteiger charge is 2.39. The third-order valence-corrected chi connectivity index (χ3v) is 4.68. The molecular weight excluding hydrogens is 288 g/mol. The third kappa shape index (κ3) is 2.10. The quantitative estimate of drug-likeness (QED) is 0.837. The maximum Gasteiger partial charge on any atom is 0.172 e. The van der Waals surface area contributed by atoms with E-state index in [2.05, 4.69) is 16.3 Å². The summed E-state index contributed by atoms with van der Waals surface area (Å²) in [5.74, 6) is 1.22. The Kier molecular flexibility index (Phi) is 2.94. The highest BCUT2D eigenvalue weighted by atomic mass is 16.3. The summed E-state index contributed by atoms with van der Waals surface area (Å²) in [7, 11) is 2.03. The fraction of sp³-hybridized carbons (Fsp3) is 0.211. The molecule has 4 heteroatoms. The van der Waals surface area contributed by atoms with E-state index in [1.165, 1.54) is 0 Å². The first-order valence-electron chi connectivity index (χ1n) is 7.69. The largest absolute Gasteiger partial charge is 0.508 e. The van der Waals surface area contributed by atoms with Crippen LogP contribution in [0.15, 0.2) is 65.2 Å². The van der Waals surface area contributed by atoms with Crippen molar-refractivity contribution >= 4 is 11.4 Å². The molecule has 0 radical (unpaired) electrons. The Bertz CT molecular complexity index is 825. The second-order valence-corrected chi connectivity index (χ2v) is 6.27. The van der Waals surface area contributed by atoms with E-state index in [1.807, 2.05) is 38.3 Å². The number of carbonyl (C=O) groups is 1. The molecule has 0 aromatic heterocycles. The topological polar surface area (TPSA) is 52.6 Å². The van der Waals surface area contributed by atoms with Crippen molar-refractivity contribution in [3.8, 4) is 5.75 Å². The fourth-order valence-corrected chi connectivity index (χ4v) is 3.42. The summed E-state index contributed by atoms with van der Waals surface area (Å²) >= 11 is 0. The van der Waals surface area contributed by atoms with E-state index in [0.29, 0.717) is 0 Å². The van der Waals surface area contributed by atoms with Crippen LogP contribution in [0, 0.1) is 5.92 Å². The molecule has 116 valence electrons. The van der Waals surface area contributed by atoms with Crippen LogP contribution in [0.25, 0.3) is 5.57 Å². The smallest absolute Gasteiger partial charge is 0.172 e. The molecular formula is C19H18N2O2. The zero-order chi connectivity index (χ0) is 16.1. The van der Waals surface area contributed by atoms with Gasteiger partial charge >= 0.3 is 0 Å². The zero-order valence-electron chi connectivity index (χ0n) is 13.1. The minimum atomic E-state index is -0.218. The first-order valence-corrected chi connectivity index (χ1v) is 7.69. The highest BCUT2D eigenvalue weighted by Crippen LogP contribution is 2.40. The molecule has 4 rings (SSSR count). The lowest BCUT2D eigenvalue weighted by Crippen LogP contribution is -2.29. The normalized spacial score (nSPS) is 22.9. The number of nitrogens with zero attached hydrogens (tertiary/aromatic N) is 1. The van der Waals surface area contributed by atoms with Crippen LogP contribution in [0.5, 0.6) is 5.75 Å². The lowest BCUT2D eigenvalue weighted by atomic mass is 9.84. The number of aromatic hydroxyl groups is 1. The first kappa shape index (κ1) is 13.9. The molecule has 2 aliphatic heterocycles. The lowest BCUT2D eigenvalue weighted by Gasteiger charge is -2.27. The molecule has 0 saturated heterocycles. The van der Waals surface area contributed by atoms with Crippen molar-refractivity contribution < 1.29 is 9.90 Å². The summed E-state index contributed by atoms with van der Waals surface area (Å²) in [6.45, 7) is 2.63. The standard InChI is InChI=1S/C19H18N2O2/c1-11-3-8-16-17(18(11)23)15-9-13(10-21(2)19(15)20-16)12-4-6-14(22)7-5-12/h3-9,17,20,22H,10H2,1-2H3. The number of hydrogen-bond donors (Lipinski definition) is 2. The van der Waals surface area contributed by atoms with E-state index in [1.54, 1.807) is 12.1 Å². The lowest BCUT2D eigenvalue weighted by molar-refractivity contribution is -0.117. The Morgan fingerprint density at radius 2 is 1.96 bits per heavy atom. The molecule has 2 heterocycles. The van der Waals surface area contributed by atoms with Crippen molar-refractivity contribution in [2.45, 2.75) is 6.92 Å². The minimum Gasteiger partial charge on any atom is -0.508 e. The number of phenols is 1. The minimum absolute atomic E-state index is 0.164. The Labute approximate surface area is 135 Å². The maximum absolute atomic E-state index is 12.6. The van der Waals surface area contributed by atoms with Gasteiger partial charge in [-0.1, -0.05) is 18.2 Å². The summed E-state index contributed by atoms with van der Waals surface area (Å²) in [6.07, 6.45) is 6.00. The van der Waals surface area contributed by atoms with Crippen LogP contribution in [0.3, 0.4) is 0 Å². The number of benzene rings is 1.